The monoisotopic (exact) mass is 212 g/mol. The quantitative estimate of drug-likeness (QED) is 0.670. The Hall–Kier alpha value is -0.120. The van der Waals surface area contributed by atoms with Crippen molar-refractivity contribution in [3.05, 3.63) is 0 Å². The lowest BCUT2D eigenvalue weighted by Gasteiger charge is -2.32. The molecule has 88 valence electrons. The van der Waals surface area contributed by atoms with Gasteiger partial charge >= 0.3 is 0 Å². The van der Waals surface area contributed by atoms with Gasteiger partial charge < -0.3 is 10.1 Å². The summed E-state index contributed by atoms with van der Waals surface area (Å²) < 4.78 is 5.36. The molecular weight excluding hydrogens is 188 g/mol. The third-order valence-electron chi connectivity index (χ3n) is 3.48. The molecule has 0 radical (unpaired) electrons. The Morgan fingerprint density at radius 3 is 2.73 bits per heavy atom. The molecular formula is C12H24N2O. The van der Waals surface area contributed by atoms with Gasteiger partial charge in [-0.1, -0.05) is 0 Å². The number of hydrogen-bond acceptors (Lipinski definition) is 3. The smallest absolute Gasteiger partial charge is 0.0594 e. The summed E-state index contributed by atoms with van der Waals surface area (Å²) in [6.07, 6.45) is 5.44. The lowest BCUT2D eigenvalue weighted by molar-refractivity contribution is 0.0183. The predicted octanol–water partition coefficient (Wildman–Crippen LogP) is 1.24. The van der Waals surface area contributed by atoms with E-state index in [-0.39, 0.29) is 0 Å². The largest absolute Gasteiger partial charge is 0.379 e. The van der Waals surface area contributed by atoms with Gasteiger partial charge in [0.15, 0.2) is 0 Å². The van der Waals surface area contributed by atoms with Crippen molar-refractivity contribution in [2.45, 2.75) is 44.7 Å². The van der Waals surface area contributed by atoms with Crippen molar-refractivity contribution in [1.29, 1.82) is 0 Å². The molecule has 0 amide bonds. The molecule has 0 aromatic carbocycles. The zero-order valence-electron chi connectivity index (χ0n) is 9.87. The topological polar surface area (TPSA) is 24.5 Å². The van der Waals surface area contributed by atoms with E-state index < -0.39 is 0 Å². The van der Waals surface area contributed by atoms with E-state index in [1.807, 2.05) is 0 Å². The van der Waals surface area contributed by atoms with Crippen molar-refractivity contribution >= 4 is 0 Å². The lowest BCUT2D eigenvalue weighted by atomic mass is 10.1. The number of morpholine rings is 1. The van der Waals surface area contributed by atoms with E-state index in [2.05, 4.69) is 17.1 Å². The molecule has 0 aromatic rings. The van der Waals surface area contributed by atoms with E-state index in [4.69, 9.17) is 4.74 Å². The van der Waals surface area contributed by atoms with Gasteiger partial charge in [-0.25, -0.2) is 0 Å². The van der Waals surface area contributed by atoms with Crippen molar-refractivity contribution in [2.75, 3.05) is 32.8 Å². The highest BCUT2D eigenvalue weighted by molar-refractivity contribution is 4.80. The van der Waals surface area contributed by atoms with Crippen LogP contribution in [0.25, 0.3) is 0 Å². The van der Waals surface area contributed by atoms with Crippen molar-refractivity contribution in [3.8, 4) is 0 Å². The molecule has 3 nitrogen and oxygen atoms in total. The standard InChI is InChI=1S/C12H24N2O/c1-11(14-7-9-15-10-8-14)3-2-6-13-12-4-5-12/h11-13H,2-10H2,1H3. The fraction of sp³-hybridized carbons (Fsp3) is 1.00. The number of hydrogen-bond donors (Lipinski definition) is 1. The summed E-state index contributed by atoms with van der Waals surface area (Å²) in [5, 5.41) is 3.57. The van der Waals surface area contributed by atoms with Gasteiger partial charge in [0.05, 0.1) is 13.2 Å². The maximum atomic E-state index is 5.36. The highest BCUT2D eigenvalue weighted by Crippen LogP contribution is 2.18. The van der Waals surface area contributed by atoms with Crippen LogP contribution in [0.3, 0.4) is 0 Å². The first-order chi connectivity index (χ1) is 7.36. The molecule has 1 saturated carbocycles. The second-order valence-corrected chi connectivity index (χ2v) is 4.87. The van der Waals surface area contributed by atoms with Gasteiger partial charge in [0.1, 0.15) is 0 Å². The van der Waals surface area contributed by atoms with Crippen LogP contribution in [-0.2, 0) is 4.74 Å². The molecule has 2 fully saturated rings. The molecule has 1 heterocycles. The van der Waals surface area contributed by atoms with E-state index in [0.29, 0.717) is 0 Å². The fourth-order valence-corrected chi connectivity index (χ4v) is 2.19. The normalized spacial score (nSPS) is 25.4. The average molecular weight is 212 g/mol. The Balaban J connectivity index is 1.52. The van der Waals surface area contributed by atoms with Gasteiger partial charge in [-0.2, -0.15) is 0 Å². The summed E-state index contributed by atoms with van der Waals surface area (Å²) in [7, 11) is 0. The molecule has 0 bridgehead atoms. The van der Waals surface area contributed by atoms with Gasteiger partial charge in [-0.3, -0.25) is 4.90 Å². The number of nitrogens with zero attached hydrogens (tertiary/aromatic N) is 1. The molecule has 1 N–H and O–H groups in total. The summed E-state index contributed by atoms with van der Waals surface area (Å²) in [4.78, 5) is 2.56. The fourth-order valence-electron chi connectivity index (χ4n) is 2.19. The molecule has 0 spiro atoms. The van der Waals surface area contributed by atoms with Crippen LogP contribution in [-0.4, -0.2) is 49.8 Å². The first-order valence-corrected chi connectivity index (χ1v) is 6.41. The summed E-state index contributed by atoms with van der Waals surface area (Å²) >= 11 is 0. The van der Waals surface area contributed by atoms with Crippen molar-refractivity contribution < 1.29 is 4.74 Å². The van der Waals surface area contributed by atoms with Crippen LogP contribution in [0.2, 0.25) is 0 Å². The first-order valence-electron chi connectivity index (χ1n) is 6.41. The van der Waals surface area contributed by atoms with Crippen LogP contribution >= 0.6 is 0 Å². The molecule has 2 rings (SSSR count). The van der Waals surface area contributed by atoms with Gasteiger partial charge in [0.2, 0.25) is 0 Å². The van der Waals surface area contributed by atoms with Crippen LogP contribution < -0.4 is 5.32 Å². The van der Waals surface area contributed by atoms with Gasteiger partial charge in [0.25, 0.3) is 0 Å². The Morgan fingerprint density at radius 2 is 2.07 bits per heavy atom. The molecule has 2 aliphatic rings. The van der Waals surface area contributed by atoms with Crippen molar-refractivity contribution in [3.63, 3.8) is 0 Å². The third kappa shape index (κ3) is 4.09. The van der Waals surface area contributed by atoms with E-state index in [0.717, 1.165) is 38.4 Å². The molecule has 1 atom stereocenters. The molecule has 1 aliphatic heterocycles. The maximum absolute atomic E-state index is 5.36. The molecule has 15 heavy (non-hydrogen) atoms. The van der Waals surface area contributed by atoms with Crippen LogP contribution in [0.1, 0.15) is 32.6 Å². The van der Waals surface area contributed by atoms with Gasteiger partial charge in [-0.05, 0) is 39.2 Å². The van der Waals surface area contributed by atoms with Crippen LogP contribution in [0.15, 0.2) is 0 Å². The Labute approximate surface area is 93.2 Å². The summed E-state index contributed by atoms with van der Waals surface area (Å²) in [6.45, 7) is 7.64. The second kappa shape index (κ2) is 5.83. The molecule has 3 heteroatoms. The van der Waals surface area contributed by atoms with Crippen LogP contribution in [0, 0.1) is 0 Å². The summed E-state index contributed by atoms with van der Waals surface area (Å²) in [6, 6.07) is 1.60. The van der Waals surface area contributed by atoms with Crippen LogP contribution in [0.5, 0.6) is 0 Å². The molecule has 1 aliphatic carbocycles. The van der Waals surface area contributed by atoms with Gasteiger partial charge in [-0.15, -0.1) is 0 Å². The average Bonchev–Trinajstić information content (AvgIpc) is 3.09. The summed E-state index contributed by atoms with van der Waals surface area (Å²) in [5.74, 6) is 0. The molecule has 1 unspecified atom stereocenters. The van der Waals surface area contributed by atoms with E-state index in [1.54, 1.807) is 0 Å². The Morgan fingerprint density at radius 1 is 1.33 bits per heavy atom. The molecule has 1 saturated heterocycles. The number of ether oxygens (including phenoxy) is 1. The van der Waals surface area contributed by atoms with Crippen LogP contribution in [0.4, 0.5) is 0 Å². The maximum Gasteiger partial charge on any atom is 0.0594 e. The van der Waals surface area contributed by atoms with E-state index in [9.17, 15) is 0 Å². The number of rotatable bonds is 6. The lowest BCUT2D eigenvalue weighted by Crippen LogP contribution is -2.42. The Kier molecular flexibility index (Phi) is 4.42. The minimum atomic E-state index is 0.731. The van der Waals surface area contributed by atoms with Crippen molar-refractivity contribution in [2.24, 2.45) is 0 Å². The van der Waals surface area contributed by atoms with Crippen molar-refractivity contribution in [1.82, 2.24) is 10.2 Å². The highest BCUT2D eigenvalue weighted by atomic mass is 16.5. The minimum absolute atomic E-state index is 0.731. The zero-order chi connectivity index (χ0) is 10.5. The zero-order valence-corrected chi connectivity index (χ0v) is 9.87. The summed E-state index contributed by atoms with van der Waals surface area (Å²) in [5.41, 5.74) is 0. The van der Waals surface area contributed by atoms with Gasteiger partial charge in [0, 0.05) is 25.2 Å². The van der Waals surface area contributed by atoms with E-state index >= 15 is 0 Å². The molecule has 0 aromatic heterocycles. The number of nitrogens with one attached hydrogen (secondary N) is 1. The van der Waals surface area contributed by atoms with E-state index in [1.165, 1.54) is 32.2 Å². The first kappa shape index (κ1) is 11.4. The third-order valence-corrected chi connectivity index (χ3v) is 3.48. The Bertz CT molecular complexity index is 176. The predicted molar refractivity (Wildman–Crippen MR) is 62.1 cm³/mol. The minimum Gasteiger partial charge on any atom is -0.379 e. The second-order valence-electron chi connectivity index (χ2n) is 4.87. The SMILES string of the molecule is CC(CCCNC1CC1)N1CCOCC1. The highest BCUT2D eigenvalue weighted by Gasteiger charge is 2.20.